The molecule has 0 saturated carbocycles. The highest BCUT2D eigenvalue weighted by molar-refractivity contribution is 7.99. The Labute approximate surface area is 128 Å². The summed E-state index contributed by atoms with van der Waals surface area (Å²) in [7, 11) is 0. The van der Waals surface area contributed by atoms with Gasteiger partial charge in [-0.25, -0.2) is 0 Å². The summed E-state index contributed by atoms with van der Waals surface area (Å²) in [4.78, 5) is 35.7. The molecule has 1 amide bonds. The minimum absolute atomic E-state index is 0.0175. The molecule has 0 unspecified atom stereocenters. The molecule has 2 N–H and O–H groups in total. The van der Waals surface area contributed by atoms with Crippen molar-refractivity contribution in [1.29, 1.82) is 0 Å². The van der Waals surface area contributed by atoms with Crippen molar-refractivity contribution in [3.63, 3.8) is 0 Å². The molecule has 0 bridgehead atoms. The maximum atomic E-state index is 11.8. The molecule has 1 aromatic carbocycles. The molecule has 22 heavy (non-hydrogen) atoms. The number of H-pyrrole nitrogens is 1. The van der Waals surface area contributed by atoms with Gasteiger partial charge >= 0.3 is 0 Å². The molecular formula is C12H11N5O4S. The number of thioether (sulfide) groups is 1. The number of hydrogen-bond donors (Lipinski definition) is 2. The third-order valence-corrected chi connectivity index (χ3v) is 3.38. The topological polar surface area (TPSA) is 131 Å². The van der Waals surface area contributed by atoms with E-state index in [1.807, 2.05) is 0 Å². The Balaban J connectivity index is 1.95. The van der Waals surface area contributed by atoms with Gasteiger partial charge in [0.2, 0.25) is 5.91 Å². The number of carbonyl (C=O) groups is 1. The van der Waals surface area contributed by atoms with E-state index in [2.05, 4.69) is 20.5 Å². The molecule has 0 spiro atoms. The minimum Gasteiger partial charge on any atom is -0.325 e. The monoisotopic (exact) mass is 321 g/mol. The first kappa shape index (κ1) is 15.6. The van der Waals surface area contributed by atoms with Crippen LogP contribution >= 0.6 is 11.8 Å². The standard InChI is InChI=1S/C12H11N5O4S/c1-7-11(19)14-12(16-15-7)22-6-10(18)13-8-3-2-4-9(5-8)17(20)21/h2-5H,6H2,1H3,(H,13,18)(H,14,16,19). The van der Waals surface area contributed by atoms with Gasteiger partial charge in [-0.05, 0) is 13.0 Å². The lowest BCUT2D eigenvalue weighted by Crippen LogP contribution is -2.17. The van der Waals surface area contributed by atoms with E-state index in [9.17, 15) is 19.7 Å². The van der Waals surface area contributed by atoms with Crippen LogP contribution in [0.5, 0.6) is 0 Å². The largest absolute Gasteiger partial charge is 0.325 e. The van der Waals surface area contributed by atoms with E-state index >= 15 is 0 Å². The predicted octanol–water partition coefficient (Wildman–Crippen LogP) is 1.11. The highest BCUT2D eigenvalue weighted by Gasteiger charge is 2.09. The summed E-state index contributed by atoms with van der Waals surface area (Å²) in [5.41, 5.74) is 0.0875. The lowest BCUT2D eigenvalue weighted by molar-refractivity contribution is -0.384. The number of aromatic amines is 1. The summed E-state index contributed by atoms with van der Waals surface area (Å²) in [5.74, 6) is -0.398. The molecule has 114 valence electrons. The number of amides is 1. The van der Waals surface area contributed by atoms with Crippen LogP contribution in [0.15, 0.2) is 34.2 Å². The number of nitrogens with zero attached hydrogens (tertiary/aromatic N) is 3. The van der Waals surface area contributed by atoms with Crippen molar-refractivity contribution in [3.8, 4) is 0 Å². The quantitative estimate of drug-likeness (QED) is 0.479. The summed E-state index contributed by atoms with van der Waals surface area (Å²) >= 11 is 1.01. The second kappa shape index (κ2) is 6.80. The number of hydrogen-bond acceptors (Lipinski definition) is 7. The zero-order valence-corrected chi connectivity index (χ0v) is 12.2. The Bertz CT molecular complexity index is 776. The number of nitro groups is 1. The van der Waals surface area contributed by atoms with E-state index in [0.29, 0.717) is 5.69 Å². The van der Waals surface area contributed by atoms with Gasteiger partial charge in [0.1, 0.15) is 5.69 Å². The maximum Gasteiger partial charge on any atom is 0.273 e. The van der Waals surface area contributed by atoms with E-state index < -0.39 is 4.92 Å². The lowest BCUT2D eigenvalue weighted by Gasteiger charge is -2.04. The second-order valence-corrected chi connectivity index (χ2v) is 5.15. The summed E-state index contributed by atoms with van der Waals surface area (Å²) in [5, 5.41) is 20.8. The zero-order chi connectivity index (χ0) is 16.1. The number of rotatable bonds is 5. The summed E-state index contributed by atoms with van der Waals surface area (Å²) < 4.78 is 0. The normalized spacial score (nSPS) is 10.2. The second-order valence-electron chi connectivity index (χ2n) is 4.19. The number of benzene rings is 1. The number of carbonyl (C=O) groups excluding carboxylic acids is 1. The Hall–Kier alpha value is -2.75. The van der Waals surface area contributed by atoms with Gasteiger partial charge in [0.15, 0.2) is 5.16 Å². The zero-order valence-electron chi connectivity index (χ0n) is 11.4. The Kier molecular flexibility index (Phi) is 4.84. The van der Waals surface area contributed by atoms with E-state index in [1.165, 1.54) is 25.1 Å². The number of non-ortho nitro benzene ring substituents is 1. The SMILES string of the molecule is Cc1nnc(SCC(=O)Nc2cccc([N+](=O)[O-])c2)[nH]c1=O. The number of nitrogens with one attached hydrogen (secondary N) is 2. The van der Waals surface area contributed by atoms with Gasteiger partial charge in [-0.3, -0.25) is 24.7 Å². The molecule has 0 radical (unpaired) electrons. The van der Waals surface area contributed by atoms with Crippen molar-refractivity contribution in [2.75, 3.05) is 11.1 Å². The molecule has 1 aromatic heterocycles. The van der Waals surface area contributed by atoms with Crippen LogP contribution in [-0.2, 0) is 4.79 Å². The van der Waals surface area contributed by atoms with Gasteiger partial charge in [-0.1, -0.05) is 17.8 Å². The number of anilines is 1. The van der Waals surface area contributed by atoms with Crippen LogP contribution in [0.25, 0.3) is 0 Å². The minimum atomic E-state index is -0.545. The van der Waals surface area contributed by atoms with Crippen LogP contribution in [0, 0.1) is 17.0 Å². The van der Waals surface area contributed by atoms with E-state index in [0.717, 1.165) is 11.8 Å². The van der Waals surface area contributed by atoms with Gasteiger partial charge < -0.3 is 5.32 Å². The van der Waals surface area contributed by atoms with Crippen LogP contribution in [0.4, 0.5) is 11.4 Å². The Morgan fingerprint density at radius 2 is 2.23 bits per heavy atom. The van der Waals surface area contributed by atoms with Gasteiger partial charge in [0.25, 0.3) is 11.2 Å². The average Bonchev–Trinajstić information content (AvgIpc) is 2.49. The fourth-order valence-electron chi connectivity index (χ4n) is 1.47. The first-order valence-electron chi connectivity index (χ1n) is 6.06. The summed E-state index contributed by atoms with van der Waals surface area (Å²) in [6.45, 7) is 1.52. The van der Waals surface area contributed by atoms with Crippen molar-refractivity contribution < 1.29 is 9.72 Å². The molecule has 2 aromatic rings. The molecule has 10 heteroatoms. The van der Waals surface area contributed by atoms with E-state index in [-0.39, 0.29) is 33.8 Å². The highest BCUT2D eigenvalue weighted by Crippen LogP contribution is 2.17. The molecular weight excluding hydrogens is 310 g/mol. The van der Waals surface area contributed by atoms with Gasteiger partial charge in [-0.15, -0.1) is 10.2 Å². The predicted molar refractivity (Wildman–Crippen MR) is 79.8 cm³/mol. The Morgan fingerprint density at radius 3 is 2.91 bits per heavy atom. The number of nitro benzene ring substituents is 1. The molecule has 0 aliphatic heterocycles. The fraction of sp³-hybridized carbons (Fsp3) is 0.167. The molecule has 0 saturated heterocycles. The molecule has 0 atom stereocenters. The van der Waals surface area contributed by atoms with Gasteiger partial charge in [-0.2, -0.15) is 0 Å². The molecule has 2 rings (SSSR count). The van der Waals surface area contributed by atoms with E-state index in [4.69, 9.17) is 0 Å². The van der Waals surface area contributed by atoms with Crippen molar-refractivity contribution in [3.05, 3.63) is 50.4 Å². The van der Waals surface area contributed by atoms with Crippen LogP contribution in [0.3, 0.4) is 0 Å². The molecule has 9 nitrogen and oxygen atoms in total. The van der Waals surface area contributed by atoms with Gasteiger partial charge in [0.05, 0.1) is 10.7 Å². The number of aromatic nitrogens is 3. The highest BCUT2D eigenvalue weighted by atomic mass is 32.2. The smallest absolute Gasteiger partial charge is 0.273 e. The van der Waals surface area contributed by atoms with Crippen molar-refractivity contribution in [2.24, 2.45) is 0 Å². The summed E-state index contributed by atoms with van der Waals surface area (Å²) in [6, 6.07) is 5.61. The molecule has 0 aliphatic rings. The lowest BCUT2D eigenvalue weighted by atomic mass is 10.3. The number of aryl methyl sites for hydroxylation is 1. The molecule has 1 heterocycles. The van der Waals surface area contributed by atoms with Crippen LogP contribution < -0.4 is 10.9 Å². The van der Waals surface area contributed by atoms with Crippen molar-refractivity contribution >= 4 is 29.0 Å². The summed E-state index contributed by atoms with van der Waals surface area (Å²) in [6.07, 6.45) is 0. The van der Waals surface area contributed by atoms with Crippen molar-refractivity contribution in [1.82, 2.24) is 15.2 Å². The third-order valence-electron chi connectivity index (χ3n) is 2.52. The average molecular weight is 321 g/mol. The molecule has 0 fully saturated rings. The third kappa shape index (κ3) is 4.12. The first-order valence-corrected chi connectivity index (χ1v) is 7.05. The van der Waals surface area contributed by atoms with E-state index in [1.54, 1.807) is 6.07 Å². The van der Waals surface area contributed by atoms with Crippen LogP contribution in [0.1, 0.15) is 5.69 Å². The Morgan fingerprint density at radius 1 is 1.45 bits per heavy atom. The van der Waals surface area contributed by atoms with Crippen LogP contribution in [-0.4, -0.2) is 31.8 Å². The van der Waals surface area contributed by atoms with Crippen LogP contribution in [0.2, 0.25) is 0 Å². The molecule has 0 aliphatic carbocycles. The van der Waals surface area contributed by atoms with Gasteiger partial charge in [0, 0.05) is 17.8 Å². The maximum absolute atomic E-state index is 11.8. The van der Waals surface area contributed by atoms with Crippen molar-refractivity contribution in [2.45, 2.75) is 12.1 Å². The fourth-order valence-corrected chi connectivity index (χ4v) is 2.07. The first-order chi connectivity index (χ1) is 10.5.